The van der Waals surface area contributed by atoms with Crippen molar-refractivity contribution >= 4 is 21.6 Å². The fourth-order valence-electron chi connectivity index (χ4n) is 1.49. The lowest BCUT2D eigenvalue weighted by Gasteiger charge is -2.10. The third-order valence-electron chi connectivity index (χ3n) is 2.44. The van der Waals surface area contributed by atoms with Crippen LogP contribution in [-0.2, 0) is 16.6 Å². The number of aromatic amines is 1. The Balaban J connectivity index is 2.24. The van der Waals surface area contributed by atoms with Crippen LogP contribution >= 0.6 is 11.6 Å². The third kappa shape index (κ3) is 3.25. The molecule has 0 amide bonds. The fraction of sp³-hybridized carbons (Fsp3) is 0.182. The van der Waals surface area contributed by atoms with Crippen molar-refractivity contribution in [3.8, 4) is 5.75 Å². The van der Waals surface area contributed by atoms with Gasteiger partial charge >= 0.3 is 0 Å². The number of halogens is 1. The summed E-state index contributed by atoms with van der Waals surface area (Å²) in [7, 11) is -2.28. The Morgan fingerprint density at radius 2 is 2.26 bits per heavy atom. The second-order valence-electron chi connectivity index (χ2n) is 3.73. The molecule has 0 saturated carbocycles. The van der Waals surface area contributed by atoms with Crippen LogP contribution in [0.2, 0.25) is 5.02 Å². The molecule has 0 aliphatic carbocycles. The Kier molecular flexibility index (Phi) is 4.08. The van der Waals surface area contributed by atoms with Crippen LogP contribution in [0.15, 0.2) is 35.5 Å². The van der Waals surface area contributed by atoms with Gasteiger partial charge < -0.3 is 4.74 Å². The number of nitrogens with one attached hydrogen (secondary N) is 2. The molecule has 1 aromatic carbocycles. The van der Waals surface area contributed by atoms with Gasteiger partial charge in [-0.15, -0.1) is 0 Å². The van der Waals surface area contributed by atoms with E-state index in [-0.39, 0.29) is 17.2 Å². The number of H-pyrrole nitrogens is 1. The van der Waals surface area contributed by atoms with E-state index in [1.165, 1.54) is 25.3 Å². The van der Waals surface area contributed by atoms with Crippen molar-refractivity contribution in [3.63, 3.8) is 0 Å². The minimum absolute atomic E-state index is 0.0443. The van der Waals surface area contributed by atoms with Crippen LogP contribution in [0.3, 0.4) is 0 Å². The normalized spacial score (nSPS) is 11.5. The second-order valence-corrected chi connectivity index (χ2v) is 5.90. The SMILES string of the molecule is COc1cc(Cl)ccc1S(=O)(=O)NCc1cn[nH]c1. The number of hydrogen-bond acceptors (Lipinski definition) is 4. The number of methoxy groups -OCH3 is 1. The van der Waals surface area contributed by atoms with E-state index in [1.54, 1.807) is 12.4 Å². The monoisotopic (exact) mass is 301 g/mol. The number of nitrogens with zero attached hydrogens (tertiary/aromatic N) is 1. The Labute approximate surface area is 115 Å². The van der Waals surface area contributed by atoms with Gasteiger partial charge in [0.1, 0.15) is 10.6 Å². The van der Waals surface area contributed by atoms with Crippen molar-refractivity contribution in [2.75, 3.05) is 7.11 Å². The molecule has 0 unspecified atom stereocenters. The van der Waals surface area contributed by atoms with Gasteiger partial charge in [0.25, 0.3) is 0 Å². The summed E-state index contributed by atoms with van der Waals surface area (Å²) in [6.45, 7) is 0.143. The molecule has 0 atom stereocenters. The first-order valence-corrected chi connectivity index (χ1v) is 7.20. The van der Waals surface area contributed by atoms with E-state index < -0.39 is 10.0 Å². The molecule has 0 aliphatic rings. The summed E-state index contributed by atoms with van der Waals surface area (Å²) in [5.41, 5.74) is 0.733. The average Bonchev–Trinajstić information content (AvgIpc) is 2.89. The molecule has 8 heteroatoms. The molecule has 2 rings (SSSR count). The maximum atomic E-state index is 12.2. The summed E-state index contributed by atoms with van der Waals surface area (Å²) in [5, 5.41) is 6.76. The maximum absolute atomic E-state index is 12.2. The number of aromatic nitrogens is 2. The second kappa shape index (κ2) is 5.60. The van der Waals surface area contributed by atoms with Gasteiger partial charge in [0.05, 0.1) is 13.3 Å². The van der Waals surface area contributed by atoms with Gasteiger partial charge in [0.15, 0.2) is 0 Å². The van der Waals surface area contributed by atoms with Crippen molar-refractivity contribution in [2.24, 2.45) is 0 Å². The van der Waals surface area contributed by atoms with Crippen LogP contribution in [-0.4, -0.2) is 25.7 Å². The number of sulfonamides is 1. The van der Waals surface area contributed by atoms with Gasteiger partial charge in [-0.3, -0.25) is 5.10 Å². The molecule has 2 aromatic rings. The molecule has 6 nitrogen and oxygen atoms in total. The molecule has 2 N–H and O–H groups in total. The first-order valence-electron chi connectivity index (χ1n) is 5.34. The number of rotatable bonds is 5. The van der Waals surface area contributed by atoms with Crippen molar-refractivity contribution in [2.45, 2.75) is 11.4 Å². The number of benzene rings is 1. The zero-order valence-corrected chi connectivity index (χ0v) is 11.6. The average molecular weight is 302 g/mol. The van der Waals surface area contributed by atoms with Crippen LogP contribution in [0.1, 0.15) is 5.56 Å². The van der Waals surface area contributed by atoms with Crippen molar-refractivity contribution in [3.05, 3.63) is 41.2 Å². The molecule has 102 valence electrons. The molecule has 1 aromatic heterocycles. The summed E-state index contributed by atoms with van der Waals surface area (Å²) >= 11 is 5.80. The number of ether oxygens (including phenoxy) is 1. The summed E-state index contributed by atoms with van der Waals surface area (Å²) in [4.78, 5) is 0.0443. The minimum Gasteiger partial charge on any atom is -0.495 e. The molecule has 0 fully saturated rings. The van der Waals surface area contributed by atoms with Crippen LogP contribution in [0, 0.1) is 0 Å². The summed E-state index contributed by atoms with van der Waals surface area (Å²) < 4.78 is 31.8. The highest BCUT2D eigenvalue weighted by molar-refractivity contribution is 7.89. The third-order valence-corrected chi connectivity index (χ3v) is 4.11. The van der Waals surface area contributed by atoms with Crippen molar-refractivity contribution in [1.29, 1.82) is 0 Å². The first kappa shape index (κ1) is 13.9. The molecule has 0 saturated heterocycles. The fourth-order valence-corrected chi connectivity index (χ4v) is 2.82. The van der Waals surface area contributed by atoms with E-state index >= 15 is 0 Å². The summed E-state index contributed by atoms with van der Waals surface area (Å²) in [6.07, 6.45) is 3.16. The Bertz CT molecular complexity index is 656. The van der Waals surface area contributed by atoms with Gasteiger partial charge in [-0.05, 0) is 12.1 Å². The quantitative estimate of drug-likeness (QED) is 0.877. The lowest BCUT2D eigenvalue weighted by atomic mass is 10.3. The predicted molar refractivity (Wildman–Crippen MR) is 70.6 cm³/mol. The minimum atomic E-state index is -3.67. The summed E-state index contributed by atoms with van der Waals surface area (Å²) in [6, 6.07) is 4.35. The lowest BCUT2D eigenvalue weighted by molar-refractivity contribution is 0.402. The molecule has 0 bridgehead atoms. The van der Waals surface area contributed by atoms with Gasteiger partial charge in [0.2, 0.25) is 10.0 Å². The van der Waals surface area contributed by atoms with E-state index in [9.17, 15) is 8.42 Å². The molecule has 19 heavy (non-hydrogen) atoms. The molecule has 1 heterocycles. The van der Waals surface area contributed by atoms with Crippen LogP contribution in [0.4, 0.5) is 0 Å². The predicted octanol–water partition coefficient (Wildman–Crippen LogP) is 1.55. The molecular formula is C11H12ClN3O3S. The Morgan fingerprint density at radius 3 is 2.89 bits per heavy atom. The van der Waals surface area contributed by atoms with Crippen LogP contribution in [0.5, 0.6) is 5.75 Å². The Hall–Kier alpha value is -1.57. The van der Waals surface area contributed by atoms with Crippen LogP contribution < -0.4 is 9.46 Å². The van der Waals surface area contributed by atoms with E-state index in [2.05, 4.69) is 14.9 Å². The van der Waals surface area contributed by atoms with Crippen LogP contribution in [0.25, 0.3) is 0 Å². The lowest BCUT2D eigenvalue weighted by Crippen LogP contribution is -2.23. The maximum Gasteiger partial charge on any atom is 0.244 e. The van der Waals surface area contributed by atoms with Crippen molar-refractivity contribution in [1.82, 2.24) is 14.9 Å². The molecule has 0 aliphatic heterocycles. The topological polar surface area (TPSA) is 84.1 Å². The highest BCUT2D eigenvalue weighted by atomic mass is 35.5. The smallest absolute Gasteiger partial charge is 0.244 e. The Morgan fingerprint density at radius 1 is 1.47 bits per heavy atom. The largest absolute Gasteiger partial charge is 0.495 e. The van der Waals surface area contributed by atoms with Gasteiger partial charge in [-0.25, -0.2) is 13.1 Å². The van der Waals surface area contributed by atoms with Gasteiger partial charge in [0, 0.05) is 29.4 Å². The molecular weight excluding hydrogens is 290 g/mol. The van der Waals surface area contributed by atoms with E-state index in [1.807, 2.05) is 0 Å². The number of hydrogen-bond donors (Lipinski definition) is 2. The zero-order chi connectivity index (χ0) is 13.9. The van der Waals surface area contributed by atoms with Gasteiger partial charge in [-0.2, -0.15) is 5.10 Å². The molecule has 0 spiro atoms. The zero-order valence-electron chi connectivity index (χ0n) is 10.1. The van der Waals surface area contributed by atoms with E-state index in [4.69, 9.17) is 16.3 Å². The summed E-state index contributed by atoms with van der Waals surface area (Å²) in [5.74, 6) is 0.201. The highest BCUT2D eigenvalue weighted by Crippen LogP contribution is 2.27. The standard InChI is InChI=1S/C11H12ClN3O3S/c1-18-10-4-9(12)2-3-11(10)19(16,17)15-7-8-5-13-14-6-8/h2-6,15H,7H2,1H3,(H,13,14). The van der Waals surface area contributed by atoms with Crippen molar-refractivity contribution < 1.29 is 13.2 Å². The van der Waals surface area contributed by atoms with E-state index in [0.29, 0.717) is 5.02 Å². The first-order chi connectivity index (χ1) is 9.03. The molecule has 0 radical (unpaired) electrons. The highest BCUT2D eigenvalue weighted by Gasteiger charge is 2.19. The van der Waals surface area contributed by atoms with Gasteiger partial charge in [-0.1, -0.05) is 11.6 Å². The van der Waals surface area contributed by atoms with E-state index in [0.717, 1.165) is 5.56 Å².